The number of pyridine rings is 1. The Bertz CT molecular complexity index is 674. The third kappa shape index (κ3) is 2.34. The lowest BCUT2D eigenvalue weighted by molar-refractivity contribution is -0.139. The summed E-state index contributed by atoms with van der Waals surface area (Å²) in [6.07, 6.45) is 3.37. The highest BCUT2D eigenvalue weighted by Gasteiger charge is 2.37. The van der Waals surface area contributed by atoms with Gasteiger partial charge in [-0.25, -0.2) is 4.79 Å². The number of fused-ring (bicyclic) bond motifs is 1. The Labute approximate surface area is 115 Å². The number of hydrogen-bond donors (Lipinski definition) is 2. The molecular weight excluding hydrogens is 256 g/mol. The molecule has 0 radical (unpaired) electrons. The molecule has 1 heterocycles. The molecule has 1 saturated carbocycles. The van der Waals surface area contributed by atoms with Crippen molar-refractivity contribution in [1.82, 2.24) is 10.3 Å². The summed E-state index contributed by atoms with van der Waals surface area (Å²) >= 11 is 0. The van der Waals surface area contributed by atoms with Gasteiger partial charge in [0, 0.05) is 17.1 Å². The Kier molecular flexibility index (Phi) is 3.10. The van der Waals surface area contributed by atoms with Crippen LogP contribution in [0.3, 0.4) is 0 Å². The van der Waals surface area contributed by atoms with Gasteiger partial charge in [0.2, 0.25) is 0 Å². The van der Waals surface area contributed by atoms with E-state index in [1.807, 2.05) is 12.1 Å². The number of carboxylic acid groups (broad SMARTS) is 1. The molecule has 0 saturated heterocycles. The molecule has 1 aromatic carbocycles. The summed E-state index contributed by atoms with van der Waals surface area (Å²) in [5.74, 6) is -1.27. The highest BCUT2D eigenvalue weighted by Crippen LogP contribution is 2.33. The molecule has 5 nitrogen and oxygen atoms in total. The first-order chi connectivity index (χ1) is 9.66. The molecule has 20 heavy (non-hydrogen) atoms. The standard InChI is InChI=1S/C15H14N2O3/c18-14(17-13(15(19)20)9-6-7-9)11-3-1-5-12-10(11)4-2-8-16-12/h1-5,8-9,13H,6-7H2,(H,17,18)(H,19,20). The van der Waals surface area contributed by atoms with Crippen molar-refractivity contribution in [3.05, 3.63) is 42.1 Å². The zero-order valence-corrected chi connectivity index (χ0v) is 10.7. The Balaban J connectivity index is 1.90. The molecule has 0 spiro atoms. The number of amides is 1. The lowest BCUT2D eigenvalue weighted by Crippen LogP contribution is -2.42. The second-order valence-electron chi connectivity index (χ2n) is 5.00. The second kappa shape index (κ2) is 4.92. The summed E-state index contributed by atoms with van der Waals surface area (Å²) in [5, 5.41) is 12.5. The smallest absolute Gasteiger partial charge is 0.326 e. The molecule has 5 heteroatoms. The van der Waals surface area contributed by atoms with Gasteiger partial charge in [-0.15, -0.1) is 0 Å². The molecule has 1 unspecified atom stereocenters. The van der Waals surface area contributed by atoms with Gasteiger partial charge in [0.1, 0.15) is 6.04 Å². The Morgan fingerprint density at radius 2 is 2.05 bits per heavy atom. The van der Waals surface area contributed by atoms with Crippen LogP contribution in [0.5, 0.6) is 0 Å². The summed E-state index contributed by atoms with van der Waals surface area (Å²) in [5.41, 5.74) is 1.18. The van der Waals surface area contributed by atoms with Gasteiger partial charge in [0.05, 0.1) is 5.52 Å². The number of benzene rings is 1. The van der Waals surface area contributed by atoms with E-state index in [9.17, 15) is 9.59 Å². The van der Waals surface area contributed by atoms with Crippen molar-refractivity contribution in [1.29, 1.82) is 0 Å². The zero-order valence-electron chi connectivity index (χ0n) is 10.7. The number of carbonyl (C=O) groups is 2. The number of carboxylic acids is 1. The largest absolute Gasteiger partial charge is 0.480 e. The summed E-state index contributed by atoms with van der Waals surface area (Å²) < 4.78 is 0. The van der Waals surface area contributed by atoms with Gasteiger partial charge in [0.25, 0.3) is 5.91 Å². The van der Waals surface area contributed by atoms with Gasteiger partial charge in [-0.2, -0.15) is 0 Å². The first-order valence-electron chi connectivity index (χ1n) is 6.54. The van der Waals surface area contributed by atoms with Crippen molar-refractivity contribution in [2.45, 2.75) is 18.9 Å². The average molecular weight is 270 g/mol. The van der Waals surface area contributed by atoms with Gasteiger partial charge >= 0.3 is 5.97 Å². The van der Waals surface area contributed by atoms with E-state index in [4.69, 9.17) is 5.11 Å². The van der Waals surface area contributed by atoms with Gasteiger partial charge in [-0.3, -0.25) is 9.78 Å². The Morgan fingerprint density at radius 3 is 2.75 bits per heavy atom. The van der Waals surface area contributed by atoms with Gasteiger partial charge in [0.15, 0.2) is 0 Å². The molecule has 1 aromatic heterocycles. The van der Waals surface area contributed by atoms with E-state index in [1.165, 1.54) is 0 Å². The predicted octanol–water partition coefficient (Wildman–Crippen LogP) is 1.83. The molecule has 2 aromatic rings. The maximum atomic E-state index is 12.3. The van der Waals surface area contributed by atoms with Crippen LogP contribution >= 0.6 is 0 Å². The Morgan fingerprint density at radius 1 is 1.25 bits per heavy atom. The average Bonchev–Trinajstić information content (AvgIpc) is 3.28. The quantitative estimate of drug-likeness (QED) is 0.888. The second-order valence-corrected chi connectivity index (χ2v) is 5.00. The lowest BCUT2D eigenvalue weighted by atomic mass is 10.1. The third-order valence-corrected chi connectivity index (χ3v) is 3.54. The van der Waals surface area contributed by atoms with Gasteiger partial charge < -0.3 is 10.4 Å². The maximum Gasteiger partial charge on any atom is 0.326 e. The van der Waals surface area contributed by atoms with Crippen molar-refractivity contribution in [3.63, 3.8) is 0 Å². The van der Waals surface area contributed by atoms with Crippen LogP contribution in [0.1, 0.15) is 23.2 Å². The normalized spacial score (nSPS) is 15.8. The van der Waals surface area contributed by atoms with E-state index < -0.39 is 12.0 Å². The van der Waals surface area contributed by atoms with E-state index in [0.717, 1.165) is 23.7 Å². The highest BCUT2D eigenvalue weighted by molar-refractivity contribution is 6.07. The number of aliphatic carboxylic acids is 1. The molecule has 1 fully saturated rings. The minimum absolute atomic E-state index is 0.0598. The van der Waals surface area contributed by atoms with Crippen LogP contribution in [0.2, 0.25) is 0 Å². The van der Waals surface area contributed by atoms with Crippen LogP contribution in [0, 0.1) is 5.92 Å². The topological polar surface area (TPSA) is 79.3 Å². The fraction of sp³-hybridized carbons (Fsp3) is 0.267. The number of aromatic nitrogens is 1. The predicted molar refractivity (Wildman–Crippen MR) is 73.4 cm³/mol. The molecular formula is C15H14N2O3. The first-order valence-corrected chi connectivity index (χ1v) is 6.54. The molecule has 0 bridgehead atoms. The Hall–Kier alpha value is -2.43. The summed E-state index contributed by atoms with van der Waals surface area (Å²) in [4.78, 5) is 27.7. The van der Waals surface area contributed by atoms with Crippen molar-refractivity contribution in [3.8, 4) is 0 Å². The number of nitrogens with one attached hydrogen (secondary N) is 1. The van der Waals surface area contributed by atoms with Crippen molar-refractivity contribution in [2.24, 2.45) is 5.92 Å². The minimum atomic E-state index is -0.973. The van der Waals surface area contributed by atoms with E-state index in [0.29, 0.717) is 5.56 Å². The lowest BCUT2D eigenvalue weighted by Gasteiger charge is -2.14. The minimum Gasteiger partial charge on any atom is -0.480 e. The molecule has 1 amide bonds. The van der Waals surface area contributed by atoms with Crippen molar-refractivity contribution in [2.75, 3.05) is 0 Å². The number of carbonyl (C=O) groups excluding carboxylic acids is 1. The van der Waals surface area contributed by atoms with Gasteiger partial charge in [-0.1, -0.05) is 12.1 Å². The van der Waals surface area contributed by atoms with E-state index in [1.54, 1.807) is 24.4 Å². The fourth-order valence-electron chi connectivity index (χ4n) is 2.33. The summed E-state index contributed by atoms with van der Waals surface area (Å²) in [6.45, 7) is 0. The summed E-state index contributed by atoms with van der Waals surface area (Å²) in [7, 11) is 0. The van der Waals surface area contributed by atoms with E-state index in [-0.39, 0.29) is 11.8 Å². The fourth-order valence-corrected chi connectivity index (χ4v) is 2.33. The SMILES string of the molecule is O=C(NC(C(=O)O)C1CC1)c1cccc2ncccc12. The van der Waals surface area contributed by atoms with Crippen LogP contribution in [0.4, 0.5) is 0 Å². The van der Waals surface area contributed by atoms with Crippen molar-refractivity contribution < 1.29 is 14.7 Å². The molecule has 3 rings (SSSR count). The van der Waals surface area contributed by atoms with E-state index >= 15 is 0 Å². The van der Waals surface area contributed by atoms with E-state index in [2.05, 4.69) is 10.3 Å². The van der Waals surface area contributed by atoms with Gasteiger partial charge in [-0.05, 0) is 37.0 Å². The highest BCUT2D eigenvalue weighted by atomic mass is 16.4. The van der Waals surface area contributed by atoms with Crippen LogP contribution in [-0.2, 0) is 4.79 Å². The molecule has 0 aliphatic heterocycles. The first kappa shape index (κ1) is 12.6. The van der Waals surface area contributed by atoms with Crippen LogP contribution < -0.4 is 5.32 Å². The molecule has 1 aliphatic rings. The number of rotatable bonds is 4. The van der Waals surface area contributed by atoms with Crippen LogP contribution in [-0.4, -0.2) is 28.0 Å². The number of nitrogens with zero attached hydrogens (tertiary/aromatic N) is 1. The maximum absolute atomic E-state index is 12.3. The third-order valence-electron chi connectivity index (χ3n) is 3.54. The molecule has 102 valence electrons. The van der Waals surface area contributed by atoms with Crippen molar-refractivity contribution >= 4 is 22.8 Å². The monoisotopic (exact) mass is 270 g/mol. The van der Waals surface area contributed by atoms with Crippen LogP contribution in [0.15, 0.2) is 36.5 Å². The zero-order chi connectivity index (χ0) is 14.1. The number of hydrogen-bond acceptors (Lipinski definition) is 3. The summed E-state index contributed by atoms with van der Waals surface area (Å²) in [6, 6.07) is 8.03. The molecule has 1 aliphatic carbocycles. The molecule has 2 N–H and O–H groups in total. The van der Waals surface area contributed by atoms with Crippen LogP contribution in [0.25, 0.3) is 10.9 Å². The molecule has 1 atom stereocenters.